The Balaban J connectivity index is 1.88. The van der Waals surface area contributed by atoms with E-state index in [9.17, 15) is 0 Å². The maximum Gasteiger partial charge on any atom is 0.118 e. The lowest BCUT2D eigenvalue weighted by Gasteiger charge is -2.03. The average Bonchev–Trinajstić information content (AvgIpc) is 2.83. The van der Waals surface area contributed by atoms with Crippen molar-refractivity contribution in [2.75, 3.05) is 13.7 Å². The van der Waals surface area contributed by atoms with Gasteiger partial charge >= 0.3 is 0 Å². The van der Waals surface area contributed by atoms with E-state index in [4.69, 9.17) is 4.74 Å². The Bertz CT molecular complexity index is 421. The minimum atomic E-state index is 0.495. The Labute approximate surface area is 90.0 Å². The number of aliphatic imine (C=N–C) groups is 1. The number of methoxy groups -OCH3 is 1. The van der Waals surface area contributed by atoms with Crippen LogP contribution in [0.3, 0.4) is 0 Å². The predicted molar refractivity (Wildman–Crippen MR) is 60.6 cm³/mol. The van der Waals surface area contributed by atoms with Crippen LogP contribution in [0.1, 0.15) is 18.9 Å². The minimum Gasteiger partial charge on any atom is -0.497 e. The van der Waals surface area contributed by atoms with Crippen molar-refractivity contribution < 1.29 is 4.74 Å². The lowest BCUT2D eigenvalue weighted by molar-refractivity contribution is 0.415. The van der Waals surface area contributed by atoms with E-state index < -0.39 is 0 Å². The molecule has 2 atom stereocenters. The van der Waals surface area contributed by atoms with Gasteiger partial charge in [0.05, 0.1) is 7.11 Å². The molecule has 0 bridgehead atoms. The molecule has 2 unspecified atom stereocenters. The summed E-state index contributed by atoms with van der Waals surface area (Å²) in [5, 5.41) is 0. The van der Waals surface area contributed by atoms with Crippen molar-refractivity contribution in [2.24, 2.45) is 16.3 Å². The van der Waals surface area contributed by atoms with E-state index in [0.717, 1.165) is 12.3 Å². The highest BCUT2D eigenvalue weighted by Gasteiger charge is 2.56. The van der Waals surface area contributed by atoms with Crippen molar-refractivity contribution in [2.45, 2.75) is 13.3 Å². The van der Waals surface area contributed by atoms with Gasteiger partial charge in [-0.05, 0) is 41.7 Å². The van der Waals surface area contributed by atoms with Gasteiger partial charge in [-0.2, -0.15) is 0 Å². The van der Waals surface area contributed by atoms with Crippen LogP contribution in [-0.2, 0) is 0 Å². The molecule has 0 spiro atoms. The Morgan fingerprint density at radius 2 is 2.07 bits per heavy atom. The van der Waals surface area contributed by atoms with Gasteiger partial charge in [0.2, 0.25) is 0 Å². The maximum atomic E-state index is 5.15. The molecular weight excluding hydrogens is 186 g/mol. The third kappa shape index (κ3) is 1.28. The first-order valence-corrected chi connectivity index (χ1v) is 5.42. The van der Waals surface area contributed by atoms with E-state index in [1.54, 1.807) is 7.11 Å². The molecule has 1 saturated carbocycles. The molecule has 0 saturated heterocycles. The standard InChI is InChI=1S/C13H15NO/c1-13-7-11(13)12(14-8-13)9-3-5-10(15-2)6-4-9/h3-6,11H,7-8H2,1-2H3. The fourth-order valence-electron chi connectivity index (χ4n) is 2.44. The van der Waals surface area contributed by atoms with Gasteiger partial charge in [-0.1, -0.05) is 6.92 Å². The highest BCUT2D eigenvalue weighted by atomic mass is 16.5. The first-order chi connectivity index (χ1) is 7.23. The van der Waals surface area contributed by atoms with Gasteiger partial charge in [0.15, 0.2) is 0 Å². The molecule has 0 amide bonds. The molecule has 1 aromatic carbocycles. The van der Waals surface area contributed by atoms with Crippen LogP contribution in [0.2, 0.25) is 0 Å². The fourth-order valence-corrected chi connectivity index (χ4v) is 2.44. The molecule has 0 N–H and O–H groups in total. The lowest BCUT2D eigenvalue weighted by atomic mass is 10.0. The summed E-state index contributed by atoms with van der Waals surface area (Å²) in [6.45, 7) is 3.34. The van der Waals surface area contributed by atoms with Crippen molar-refractivity contribution in [1.82, 2.24) is 0 Å². The van der Waals surface area contributed by atoms with E-state index in [-0.39, 0.29) is 0 Å². The zero-order valence-corrected chi connectivity index (χ0v) is 9.16. The summed E-state index contributed by atoms with van der Waals surface area (Å²) in [7, 11) is 1.69. The zero-order valence-electron chi connectivity index (χ0n) is 9.16. The normalized spacial score (nSPS) is 32.1. The minimum absolute atomic E-state index is 0.495. The molecule has 1 aliphatic carbocycles. The van der Waals surface area contributed by atoms with Gasteiger partial charge in [0.1, 0.15) is 5.75 Å². The summed E-state index contributed by atoms with van der Waals surface area (Å²) in [5.41, 5.74) is 3.07. The Morgan fingerprint density at radius 3 is 2.53 bits per heavy atom. The van der Waals surface area contributed by atoms with Crippen LogP contribution in [0.5, 0.6) is 5.75 Å². The summed E-state index contributed by atoms with van der Waals surface area (Å²) >= 11 is 0. The fraction of sp³-hybridized carbons (Fsp3) is 0.462. The summed E-state index contributed by atoms with van der Waals surface area (Å²) < 4.78 is 5.15. The van der Waals surface area contributed by atoms with Crippen LogP contribution < -0.4 is 4.74 Å². The highest BCUT2D eigenvalue weighted by Crippen LogP contribution is 2.57. The first-order valence-electron chi connectivity index (χ1n) is 5.42. The van der Waals surface area contributed by atoms with Gasteiger partial charge in [-0.3, -0.25) is 4.99 Å². The quantitative estimate of drug-likeness (QED) is 0.720. The van der Waals surface area contributed by atoms with E-state index in [1.807, 2.05) is 12.1 Å². The molecule has 1 heterocycles. The maximum absolute atomic E-state index is 5.15. The third-order valence-electron chi connectivity index (χ3n) is 3.68. The van der Waals surface area contributed by atoms with Crippen molar-refractivity contribution in [3.8, 4) is 5.75 Å². The number of rotatable bonds is 2. The van der Waals surface area contributed by atoms with Gasteiger partial charge < -0.3 is 4.74 Å². The number of nitrogens with zero attached hydrogens (tertiary/aromatic N) is 1. The third-order valence-corrected chi connectivity index (χ3v) is 3.68. The number of ether oxygens (including phenoxy) is 1. The second-order valence-electron chi connectivity index (χ2n) is 4.84. The molecule has 78 valence electrons. The molecule has 2 heteroatoms. The molecule has 0 aromatic heterocycles. The summed E-state index contributed by atoms with van der Waals surface area (Å²) in [5.74, 6) is 1.63. The van der Waals surface area contributed by atoms with E-state index in [1.165, 1.54) is 17.7 Å². The second-order valence-corrected chi connectivity index (χ2v) is 4.84. The Kier molecular flexibility index (Phi) is 1.70. The number of hydrogen-bond donors (Lipinski definition) is 0. The number of fused-ring (bicyclic) bond motifs is 1. The monoisotopic (exact) mass is 201 g/mol. The van der Waals surface area contributed by atoms with Crippen LogP contribution in [0.15, 0.2) is 29.3 Å². The molecule has 2 aliphatic rings. The average molecular weight is 201 g/mol. The SMILES string of the molecule is COc1ccc(C2=NCC3(C)CC23)cc1. The van der Waals surface area contributed by atoms with Gasteiger partial charge in [0, 0.05) is 18.2 Å². The first kappa shape index (κ1) is 8.96. The molecule has 0 radical (unpaired) electrons. The smallest absolute Gasteiger partial charge is 0.118 e. The van der Waals surface area contributed by atoms with E-state index >= 15 is 0 Å². The largest absolute Gasteiger partial charge is 0.497 e. The van der Waals surface area contributed by atoms with Crippen LogP contribution in [0.4, 0.5) is 0 Å². The Hall–Kier alpha value is -1.31. The van der Waals surface area contributed by atoms with Gasteiger partial charge in [0.25, 0.3) is 0 Å². The number of benzene rings is 1. The molecule has 3 rings (SSSR count). The van der Waals surface area contributed by atoms with Crippen molar-refractivity contribution in [3.05, 3.63) is 29.8 Å². The lowest BCUT2D eigenvalue weighted by Crippen LogP contribution is -2.02. The number of hydrogen-bond acceptors (Lipinski definition) is 2. The topological polar surface area (TPSA) is 21.6 Å². The van der Waals surface area contributed by atoms with Gasteiger partial charge in [-0.25, -0.2) is 0 Å². The van der Waals surface area contributed by atoms with Crippen LogP contribution >= 0.6 is 0 Å². The van der Waals surface area contributed by atoms with Crippen molar-refractivity contribution in [3.63, 3.8) is 0 Å². The summed E-state index contributed by atoms with van der Waals surface area (Å²) in [6.07, 6.45) is 1.32. The highest BCUT2D eigenvalue weighted by molar-refractivity contribution is 6.06. The Morgan fingerprint density at radius 1 is 1.33 bits per heavy atom. The van der Waals surface area contributed by atoms with Crippen LogP contribution in [-0.4, -0.2) is 19.4 Å². The molecular formula is C13H15NO. The van der Waals surface area contributed by atoms with E-state index in [2.05, 4.69) is 24.0 Å². The molecule has 2 nitrogen and oxygen atoms in total. The van der Waals surface area contributed by atoms with Crippen LogP contribution in [0, 0.1) is 11.3 Å². The zero-order chi connectivity index (χ0) is 10.5. The summed E-state index contributed by atoms with van der Waals surface area (Å²) in [6, 6.07) is 8.25. The second kappa shape index (κ2) is 2.84. The summed E-state index contributed by atoms with van der Waals surface area (Å²) in [4.78, 5) is 4.64. The van der Waals surface area contributed by atoms with Gasteiger partial charge in [-0.15, -0.1) is 0 Å². The van der Waals surface area contributed by atoms with Crippen LogP contribution in [0.25, 0.3) is 0 Å². The van der Waals surface area contributed by atoms with E-state index in [0.29, 0.717) is 11.3 Å². The molecule has 15 heavy (non-hydrogen) atoms. The van der Waals surface area contributed by atoms with Crippen molar-refractivity contribution >= 4 is 5.71 Å². The molecule has 1 aromatic rings. The molecule has 1 fully saturated rings. The predicted octanol–water partition coefficient (Wildman–Crippen LogP) is 2.52. The van der Waals surface area contributed by atoms with Crippen molar-refractivity contribution in [1.29, 1.82) is 0 Å². The molecule has 1 aliphatic heterocycles.